The number of nitrogens with one attached hydrogen (secondary N) is 1. The number of carbonyl (C=O) groups excluding carboxylic acids is 1. The van der Waals surface area contributed by atoms with Crippen LogP contribution in [0.25, 0.3) is 0 Å². The summed E-state index contributed by atoms with van der Waals surface area (Å²) in [6.07, 6.45) is 0. The molecule has 1 aromatic heterocycles. The van der Waals surface area contributed by atoms with Crippen LogP contribution in [0, 0.1) is 0 Å². The Labute approximate surface area is 114 Å². The Morgan fingerprint density at radius 1 is 1.21 bits per heavy atom. The van der Waals surface area contributed by atoms with E-state index in [0.717, 1.165) is 26.2 Å². The number of likely N-dealkylation sites (N-methyl/N-ethyl adjacent to an activating group) is 1. The molecule has 106 valence electrons. The van der Waals surface area contributed by atoms with Gasteiger partial charge in [-0.2, -0.15) is 0 Å². The van der Waals surface area contributed by atoms with Crippen molar-refractivity contribution in [1.29, 1.82) is 0 Å². The topological polar surface area (TPSA) is 61.4 Å². The molecule has 0 aromatic carbocycles. The fraction of sp³-hybridized carbons (Fsp3) is 0.615. The normalized spacial score (nSPS) is 10.6. The molecule has 1 aromatic rings. The zero-order chi connectivity index (χ0) is 14.3. The first-order chi connectivity index (χ1) is 9.08. The molecule has 0 radical (unpaired) electrons. The molecule has 1 rings (SSSR count). The minimum atomic E-state index is -0.137. The number of hydrogen-bond acceptors (Lipinski definition) is 5. The fourth-order valence-corrected chi connectivity index (χ4v) is 1.65. The summed E-state index contributed by atoms with van der Waals surface area (Å²) in [5.41, 5.74) is 0.360. The summed E-state index contributed by atoms with van der Waals surface area (Å²) in [4.78, 5) is 15.4. The number of nitrogens with zero attached hydrogens (tertiary/aromatic N) is 4. The van der Waals surface area contributed by atoms with Crippen LogP contribution in [0.3, 0.4) is 0 Å². The van der Waals surface area contributed by atoms with Crippen molar-refractivity contribution in [3.8, 4) is 0 Å². The summed E-state index contributed by atoms with van der Waals surface area (Å²) in [5, 5.41) is 11.1. The maximum atomic E-state index is 11.6. The molecular weight excluding hydrogens is 242 g/mol. The van der Waals surface area contributed by atoms with Crippen molar-refractivity contribution in [3.05, 3.63) is 17.8 Å². The van der Waals surface area contributed by atoms with Gasteiger partial charge in [0.25, 0.3) is 5.91 Å². The highest BCUT2D eigenvalue weighted by Gasteiger charge is 2.09. The van der Waals surface area contributed by atoms with E-state index >= 15 is 0 Å². The second-order valence-electron chi connectivity index (χ2n) is 4.46. The third kappa shape index (κ3) is 4.82. The molecule has 0 spiro atoms. The van der Waals surface area contributed by atoms with Gasteiger partial charge in [-0.05, 0) is 25.2 Å². The monoisotopic (exact) mass is 265 g/mol. The smallest absolute Gasteiger partial charge is 0.273 e. The largest absolute Gasteiger partial charge is 0.367 e. The quantitative estimate of drug-likeness (QED) is 0.795. The van der Waals surface area contributed by atoms with Gasteiger partial charge >= 0.3 is 0 Å². The Bertz CT molecular complexity index is 387. The Kier molecular flexibility index (Phi) is 6.21. The molecule has 0 aliphatic rings. The van der Waals surface area contributed by atoms with Crippen molar-refractivity contribution in [2.45, 2.75) is 13.8 Å². The predicted molar refractivity (Wildman–Crippen MR) is 76.3 cm³/mol. The van der Waals surface area contributed by atoms with Crippen molar-refractivity contribution < 1.29 is 4.79 Å². The third-order valence-corrected chi connectivity index (χ3v) is 2.92. The van der Waals surface area contributed by atoms with Crippen LogP contribution in [-0.2, 0) is 0 Å². The molecule has 0 atom stereocenters. The van der Waals surface area contributed by atoms with Gasteiger partial charge in [0.05, 0.1) is 0 Å². The number of hydrogen-bond donors (Lipinski definition) is 1. The molecule has 0 unspecified atom stereocenters. The average Bonchev–Trinajstić information content (AvgIpc) is 2.43. The molecule has 0 saturated heterocycles. The molecule has 19 heavy (non-hydrogen) atoms. The van der Waals surface area contributed by atoms with Crippen molar-refractivity contribution in [2.24, 2.45) is 0 Å². The lowest BCUT2D eigenvalue weighted by molar-refractivity contribution is 0.0821. The van der Waals surface area contributed by atoms with Crippen molar-refractivity contribution in [3.63, 3.8) is 0 Å². The number of aromatic nitrogens is 2. The molecule has 0 fully saturated rings. The highest BCUT2D eigenvalue weighted by molar-refractivity contribution is 5.91. The second-order valence-corrected chi connectivity index (χ2v) is 4.46. The van der Waals surface area contributed by atoms with Crippen molar-refractivity contribution >= 4 is 11.7 Å². The van der Waals surface area contributed by atoms with Gasteiger partial charge in [0.15, 0.2) is 5.69 Å². The van der Waals surface area contributed by atoms with E-state index in [1.165, 1.54) is 4.90 Å². The summed E-state index contributed by atoms with van der Waals surface area (Å²) < 4.78 is 0. The Hall–Kier alpha value is -1.69. The lowest BCUT2D eigenvalue weighted by Gasteiger charge is -2.18. The number of amides is 1. The molecule has 1 heterocycles. The summed E-state index contributed by atoms with van der Waals surface area (Å²) in [5.74, 6) is 0.560. The molecule has 0 aliphatic heterocycles. The van der Waals surface area contributed by atoms with E-state index in [4.69, 9.17) is 0 Å². The molecule has 1 N–H and O–H groups in total. The standard InChI is InChI=1S/C13H23N5O/c1-5-18(6-2)10-9-14-12-8-7-11(15-16-12)13(19)17(3)4/h7-8H,5-6,9-10H2,1-4H3,(H,14,16). The van der Waals surface area contributed by atoms with E-state index in [1.54, 1.807) is 26.2 Å². The van der Waals surface area contributed by atoms with E-state index in [-0.39, 0.29) is 5.91 Å². The zero-order valence-electron chi connectivity index (χ0n) is 12.2. The van der Waals surface area contributed by atoms with Gasteiger partial charge in [0.2, 0.25) is 0 Å². The molecule has 6 nitrogen and oxygen atoms in total. The lowest BCUT2D eigenvalue weighted by Crippen LogP contribution is -2.29. The molecule has 6 heteroatoms. The maximum absolute atomic E-state index is 11.6. The Morgan fingerprint density at radius 2 is 1.89 bits per heavy atom. The van der Waals surface area contributed by atoms with Crippen LogP contribution in [0.2, 0.25) is 0 Å². The van der Waals surface area contributed by atoms with Crippen LogP contribution in [0.15, 0.2) is 12.1 Å². The lowest BCUT2D eigenvalue weighted by atomic mass is 10.3. The fourth-order valence-electron chi connectivity index (χ4n) is 1.65. The summed E-state index contributed by atoms with van der Waals surface area (Å²) in [6, 6.07) is 3.47. The Morgan fingerprint density at radius 3 is 2.37 bits per heavy atom. The van der Waals surface area contributed by atoms with Crippen LogP contribution in [-0.4, -0.2) is 66.2 Å². The van der Waals surface area contributed by atoms with Crippen molar-refractivity contribution in [1.82, 2.24) is 20.0 Å². The number of rotatable bonds is 7. The molecule has 1 amide bonds. The van der Waals surface area contributed by atoms with Crippen molar-refractivity contribution in [2.75, 3.05) is 45.6 Å². The number of carbonyl (C=O) groups is 1. The first-order valence-electron chi connectivity index (χ1n) is 6.60. The number of anilines is 1. The van der Waals surface area contributed by atoms with E-state index in [1.807, 2.05) is 0 Å². The van der Waals surface area contributed by atoms with E-state index in [2.05, 4.69) is 34.3 Å². The van der Waals surface area contributed by atoms with Crippen LogP contribution in [0.1, 0.15) is 24.3 Å². The Balaban J connectivity index is 2.46. The minimum absolute atomic E-state index is 0.137. The first kappa shape index (κ1) is 15.4. The molecular formula is C13H23N5O. The zero-order valence-corrected chi connectivity index (χ0v) is 12.2. The highest BCUT2D eigenvalue weighted by Crippen LogP contribution is 2.03. The van der Waals surface area contributed by atoms with Crippen LogP contribution >= 0.6 is 0 Å². The predicted octanol–water partition coefficient (Wildman–Crippen LogP) is 0.932. The molecule has 0 saturated carbocycles. The van der Waals surface area contributed by atoms with E-state index in [0.29, 0.717) is 11.5 Å². The van der Waals surface area contributed by atoms with Gasteiger partial charge in [-0.3, -0.25) is 4.79 Å². The van der Waals surface area contributed by atoms with Gasteiger partial charge in [0, 0.05) is 27.2 Å². The second kappa shape index (κ2) is 7.68. The summed E-state index contributed by atoms with van der Waals surface area (Å²) >= 11 is 0. The van der Waals surface area contributed by atoms with Gasteiger partial charge in [-0.1, -0.05) is 13.8 Å². The van der Waals surface area contributed by atoms with Gasteiger partial charge in [-0.25, -0.2) is 0 Å². The van der Waals surface area contributed by atoms with Crippen LogP contribution < -0.4 is 5.32 Å². The summed E-state index contributed by atoms with van der Waals surface area (Å²) in [6.45, 7) is 8.15. The van der Waals surface area contributed by atoms with Gasteiger partial charge in [-0.15, -0.1) is 10.2 Å². The van der Waals surface area contributed by atoms with Gasteiger partial charge < -0.3 is 15.1 Å². The maximum Gasteiger partial charge on any atom is 0.273 e. The van der Waals surface area contributed by atoms with Crippen LogP contribution in [0.5, 0.6) is 0 Å². The molecule has 0 bridgehead atoms. The highest BCUT2D eigenvalue weighted by atomic mass is 16.2. The summed E-state index contributed by atoms with van der Waals surface area (Å²) in [7, 11) is 3.39. The van der Waals surface area contributed by atoms with Crippen LogP contribution in [0.4, 0.5) is 5.82 Å². The first-order valence-corrected chi connectivity index (χ1v) is 6.60. The minimum Gasteiger partial charge on any atom is -0.367 e. The average molecular weight is 265 g/mol. The third-order valence-electron chi connectivity index (χ3n) is 2.92. The van der Waals surface area contributed by atoms with E-state index < -0.39 is 0 Å². The van der Waals surface area contributed by atoms with Gasteiger partial charge in [0.1, 0.15) is 5.82 Å². The molecule has 0 aliphatic carbocycles. The van der Waals surface area contributed by atoms with E-state index in [9.17, 15) is 4.79 Å². The SMILES string of the molecule is CCN(CC)CCNc1ccc(C(=O)N(C)C)nn1.